The molecule has 0 amide bonds. The third-order valence-electron chi connectivity index (χ3n) is 3.18. The molecule has 0 aliphatic rings. The molecule has 0 atom stereocenters. The lowest BCUT2D eigenvalue weighted by molar-refractivity contribution is 0.104. The first-order valence-electron chi connectivity index (χ1n) is 7.10. The second kappa shape index (κ2) is 7.35. The molecular formula is C18H18O5. The van der Waals surface area contributed by atoms with Crippen LogP contribution in [-0.2, 0) is 0 Å². The Hall–Kier alpha value is -2.95. The van der Waals surface area contributed by atoms with Crippen molar-refractivity contribution in [1.82, 2.24) is 0 Å². The van der Waals surface area contributed by atoms with Gasteiger partial charge in [-0.3, -0.25) is 4.79 Å². The van der Waals surface area contributed by atoms with E-state index in [9.17, 15) is 15.0 Å². The molecule has 0 fully saturated rings. The van der Waals surface area contributed by atoms with Gasteiger partial charge in [0.15, 0.2) is 5.78 Å². The van der Waals surface area contributed by atoms with Crippen LogP contribution in [0.4, 0.5) is 0 Å². The first kappa shape index (κ1) is 16.4. The van der Waals surface area contributed by atoms with Gasteiger partial charge in [0.05, 0.1) is 19.3 Å². The van der Waals surface area contributed by atoms with Crippen molar-refractivity contribution >= 4 is 11.9 Å². The highest BCUT2D eigenvalue weighted by atomic mass is 16.5. The number of carbonyl (C=O) groups is 1. The van der Waals surface area contributed by atoms with E-state index in [4.69, 9.17) is 9.47 Å². The number of ketones is 1. The zero-order valence-electron chi connectivity index (χ0n) is 12.9. The first-order valence-corrected chi connectivity index (χ1v) is 7.10. The lowest BCUT2D eigenvalue weighted by Crippen LogP contribution is -1.98. The smallest absolute Gasteiger partial charge is 0.189 e. The Morgan fingerprint density at radius 1 is 1.17 bits per heavy atom. The first-order chi connectivity index (χ1) is 11.0. The summed E-state index contributed by atoms with van der Waals surface area (Å²) in [7, 11) is 1.42. The van der Waals surface area contributed by atoms with Gasteiger partial charge in [0.1, 0.15) is 23.0 Å². The van der Waals surface area contributed by atoms with Crippen LogP contribution in [0.1, 0.15) is 22.8 Å². The van der Waals surface area contributed by atoms with E-state index in [-0.39, 0.29) is 23.0 Å². The molecule has 0 aliphatic carbocycles. The Balaban J connectivity index is 2.21. The molecule has 5 heteroatoms. The van der Waals surface area contributed by atoms with E-state index in [1.807, 2.05) is 6.92 Å². The fourth-order valence-corrected chi connectivity index (χ4v) is 2.06. The molecule has 5 nitrogen and oxygen atoms in total. The molecule has 0 aliphatic heterocycles. The number of hydrogen-bond acceptors (Lipinski definition) is 5. The van der Waals surface area contributed by atoms with Gasteiger partial charge in [0, 0.05) is 17.7 Å². The average Bonchev–Trinajstić information content (AvgIpc) is 2.54. The van der Waals surface area contributed by atoms with Crippen molar-refractivity contribution < 1.29 is 24.5 Å². The molecule has 0 saturated heterocycles. The predicted molar refractivity (Wildman–Crippen MR) is 87.3 cm³/mol. The van der Waals surface area contributed by atoms with Crippen molar-refractivity contribution in [3.05, 3.63) is 53.6 Å². The summed E-state index contributed by atoms with van der Waals surface area (Å²) in [6.45, 7) is 2.36. The lowest BCUT2D eigenvalue weighted by Gasteiger charge is -2.06. The summed E-state index contributed by atoms with van der Waals surface area (Å²) in [5, 5.41) is 19.3. The number of rotatable bonds is 6. The molecule has 2 aromatic rings. The molecule has 0 aromatic heterocycles. The van der Waals surface area contributed by atoms with E-state index in [1.165, 1.54) is 43.5 Å². The number of methoxy groups -OCH3 is 1. The number of aromatic hydroxyl groups is 2. The van der Waals surface area contributed by atoms with Crippen molar-refractivity contribution in [3.8, 4) is 23.0 Å². The maximum Gasteiger partial charge on any atom is 0.189 e. The van der Waals surface area contributed by atoms with Gasteiger partial charge in [-0.15, -0.1) is 0 Å². The van der Waals surface area contributed by atoms with E-state index < -0.39 is 0 Å². The highest BCUT2D eigenvalue weighted by molar-refractivity contribution is 6.08. The lowest BCUT2D eigenvalue weighted by atomic mass is 10.1. The zero-order valence-corrected chi connectivity index (χ0v) is 12.9. The van der Waals surface area contributed by atoms with Gasteiger partial charge in [0.2, 0.25) is 0 Å². The van der Waals surface area contributed by atoms with E-state index in [2.05, 4.69) is 0 Å². The normalized spacial score (nSPS) is 10.7. The second-order valence-electron chi connectivity index (χ2n) is 4.74. The van der Waals surface area contributed by atoms with Gasteiger partial charge in [-0.2, -0.15) is 0 Å². The summed E-state index contributed by atoms with van der Waals surface area (Å²) in [5.74, 6) is 0.601. The van der Waals surface area contributed by atoms with E-state index >= 15 is 0 Å². The van der Waals surface area contributed by atoms with E-state index in [1.54, 1.807) is 12.1 Å². The van der Waals surface area contributed by atoms with Crippen molar-refractivity contribution in [2.45, 2.75) is 6.92 Å². The minimum Gasteiger partial charge on any atom is -0.508 e. The fourth-order valence-electron chi connectivity index (χ4n) is 2.06. The standard InChI is InChI=1S/C18H18O5/c1-3-23-14-7-4-12(17(21)11-14)5-9-16(20)15-8-6-13(19)10-18(15)22-2/h4-11,19,21H,3H2,1-2H3. The number of carbonyl (C=O) groups excluding carboxylic acids is 1. The summed E-state index contributed by atoms with van der Waals surface area (Å²) in [6.07, 6.45) is 2.85. The van der Waals surface area contributed by atoms with E-state index in [0.29, 0.717) is 23.5 Å². The quantitative estimate of drug-likeness (QED) is 0.631. The molecule has 0 radical (unpaired) electrons. The summed E-state index contributed by atoms with van der Waals surface area (Å²) in [6, 6.07) is 9.15. The number of hydrogen-bond donors (Lipinski definition) is 2. The number of ether oxygens (including phenoxy) is 2. The highest BCUT2D eigenvalue weighted by Crippen LogP contribution is 2.27. The SMILES string of the molecule is CCOc1ccc(C=CC(=O)c2ccc(O)cc2OC)c(O)c1. The predicted octanol–water partition coefficient (Wildman–Crippen LogP) is 3.40. The topological polar surface area (TPSA) is 76.0 Å². The van der Waals surface area contributed by atoms with Crippen LogP contribution >= 0.6 is 0 Å². The molecular weight excluding hydrogens is 296 g/mol. The van der Waals surface area contributed by atoms with E-state index in [0.717, 1.165) is 0 Å². The largest absolute Gasteiger partial charge is 0.508 e. The number of allylic oxidation sites excluding steroid dienone is 1. The van der Waals surface area contributed by atoms with Gasteiger partial charge in [-0.25, -0.2) is 0 Å². The Morgan fingerprint density at radius 2 is 1.96 bits per heavy atom. The number of phenols is 2. The summed E-state index contributed by atoms with van der Waals surface area (Å²) < 4.78 is 10.4. The van der Waals surface area contributed by atoms with Gasteiger partial charge in [0.25, 0.3) is 0 Å². The third kappa shape index (κ3) is 4.03. The second-order valence-corrected chi connectivity index (χ2v) is 4.74. The van der Waals surface area contributed by atoms with Crippen molar-refractivity contribution in [2.24, 2.45) is 0 Å². The fraction of sp³-hybridized carbons (Fsp3) is 0.167. The molecule has 2 aromatic carbocycles. The Morgan fingerprint density at radius 3 is 2.61 bits per heavy atom. The molecule has 2 N–H and O–H groups in total. The Labute approximate surface area is 134 Å². The van der Waals surface area contributed by atoms with Crippen molar-refractivity contribution in [2.75, 3.05) is 13.7 Å². The molecule has 0 bridgehead atoms. The van der Waals surface area contributed by atoms with Crippen molar-refractivity contribution in [1.29, 1.82) is 0 Å². The molecule has 120 valence electrons. The molecule has 2 rings (SSSR count). The van der Waals surface area contributed by atoms with Crippen LogP contribution in [-0.4, -0.2) is 29.7 Å². The van der Waals surface area contributed by atoms with Gasteiger partial charge < -0.3 is 19.7 Å². The molecule has 0 heterocycles. The minimum absolute atomic E-state index is 0.0199. The zero-order chi connectivity index (χ0) is 16.8. The summed E-state index contributed by atoms with van der Waals surface area (Å²) in [4.78, 5) is 12.2. The van der Waals surface area contributed by atoms with Crippen LogP contribution in [0.3, 0.4) is 0 Å². The van der Waals surface area contributed by atoms with Gasteiger partial charge in [-0.05, 0) is 43.3 Å². The van der Waals surface area contributed by atoms with Gasteiger partial charge in [-0.1, -0.05) is 0 Å². The Kier molecular flexibility index (Phi) is 5.25. The van der Waals surface area contributed by atoms with Crippen LogP contribution in [0.5, 0.6) is 23.0 Å². The number of phenolic OH excluding ortho intramolecular Hbond substituents is 2. The third-order valence-corrected chi connectivity index (χ3v) is 3.18. The Bertz CT molecular complexity index is 734. The van der Waals surface area contributed by atoms with Crippen LogP contribution < -0.4 is 9.47 Å². The average molecular weight is 314 g/mol. The maximum absolute atomic E-state index is 12.2. The minimum atomic E-state index is -0.296. The molecule has 0 saturated carbocycles. The van der Waals surface area contributed by atoms with Gasteiger partial charge >= 0.3 is 0 Å². The molecule has 0 spiro atoms. The maximum atomic E-state index is 12.2. The molecule has 23 heavy (non-hydrogen) atoms. The van der Waals surface area contributed by atoms with Crippen LogP contribution in [0.15, 0.2) is 42.5 Å². The van der Waals surface area contributed by atoms with Crippen molar-refractivity contribution in [3.63, 3.8) is 0 Å². The van der Waals surface area contributed by atoms with Crippen LogP contribution in [0, 0.1) is 0 Å². The monoisotopic (exact) mass is 314 g/mol. The molecule has 0 unspecified atom stereocenters. The number of benzene rings is 2. The summed E-state index contributed by atoms with van der Waals surface area (Å²) in [5.41, 5.74) is 0.825. The highest BCUT2D eigenvalue weighted by Gasteiger charge is 2.10. The van der Waals surface area contributed by atoms with Crippen LogP contribution in [0.25, 0.3) is 6.08 Å². The van der Waals surface area contributed by atoms with Crippen LogP contribution in [0.2, 0.25) is 0 Å². The summed E-state index contributed by atoms with van der Waals surface area (Å²) >= 11 is 0.